The predicted octanol–water partition coefficient (Wildman–Crippen LogP) is 4.19. The zero-order valence-corrected chi connectivity index (χ0v) is 10.7. The van der Waals surface area contributed by atoms with E-state index >= 15 is 0 Å². The normalized spacial score (nSPS) is 10.3. The van der Waals surface area contributed by atoms with Crippen LogP contribution in [0.3, 0.4) is 0 Å². The van der Waals surface area contributed by atoms with E-state index in [1.165, 1.54) is 22.3 Å². The van der Waals surface area contributed by atoms with Crippen LogP contribution in [0.1, 0.15) is 22.3 Å². The molecule has 17 heavy (non-hydrogen) atoms. The lowest BCUT2D eigenvalue weighted by Gasteiger charge is -2.11. The second kappa shape index (κ2) is 5.05. The van der Waals surface area contributed by atoms with Crippen LogP contribution in [0, 0.1) is 20.8 Å². The summed E-state index contributed by atoms with van der Waals surface area (Å²) in [6.07, 6.45) is 0. The maximum atomic E-state index is 5.86. The molecule has 0 N–H and O–H groups in total. The molecule has 0 radical (unpaired) electrons. The van der Waals surface area contributed by atoms with Gasteiger partial charge >= 0.3 is 0 Å². The highest BCUT2D eigenvalue weighted by atomic mass is 16.5. The van der Waals surface area contributed by atoms with E-state index in [1.54, 1.807) is 0 Å². The first-order valence-corrected chi connectivity index (χ1v) is 5.91. The van der Waals surface area contributed by atoms with Gasteiger partial charge in [0.1, 0.15) is 12.4 Å². The Hall–Kier alpha value is -1.76. The van der Waals surface area contributed by atoms with Gasteiger partial charge in [-0.25, -0.2) is 0 Å². The molecule has 2 aromatic carbocycles. The third-order valence-corrected chi connectivity index (χ3v) is 2.97. The van der Waals surface area contributed by atoms with Crippen LogP contribution in [0.5, 0.6) is 5.75 Å². The molecule has 0 atom stereocenters. The van der Waals surface area contributed by atoms with E-state index in [0.717, 1.165) is 5.75 Å². The van der Waals surface area contributed by atoms with Crippen molar-refractivity contribution >= 4 is 0 Å². The van der Waals surface area contributed by atoms with Gasteiger partial charge < -0.3 is 4.74 Å². The molecule has 0 saturated heterocycles. The van der Waals surface area contributed by atoms with Gasteiger partial charge in [0.25, 0.3) is 0 Å². The fraction of sp³-hybridized carbons (Fsp3) is 0.250. The molecule has 88 valence electrons. The minimum atomic E-state index is 0.635. The Morgan fingerprint density at radius 3 is 2.35 bits per heavy atom. The lowest BCUT2D eigenvalue weighted by Crippen LogP contribution is -1.99. The maximum Gasteiger partial charge on any atom is 0.122 e. The molecule has 0 spiro atoms. The Morgan fingerprint density at radius 2 is 1.65 bits per heavy atom. The summed E-state index contributed by atoms with van der Waals surface area (Å²) < 4.78 is 5.86. The summed E-state index contributed by atoms with van der Waals surface area (Å²) in [5, 5.41) is 0. The molecular formula is C16H18O. The summed E-state index contributed by atoms with van der Waals surface area (Å²) in [7, 11) is 0. The van der Waals surface area contributed by atoms with Gasteiger partial charge in [-0.15, -0.1) is 0 Å². The van der Waals surface area contributed by atoms with Crippen molar-refractivity contribution in [1.82, 2.24) is 0 Å². The van der Waals surface area contributed by atoms with Crippen LogP contribution >= 0.6 is 0 Å². The van der Waals surface area contributed by atoms with E-state index in [1.807, 2.05) is 12.1 Å². The third-order valence-electron chi connectivity index (χ3n) is 2.97. The van der Waals surface area contributed by atoms with Crippen molar-refractivity contribution in [2.45, 2.75) is 27.4 Å². The molecule has 1 heteroatoms. The van der Waals surface area contributed by atoms with E-state index in [2.05, 4.69) is 51.1 Å². The summed E-state index contributed by atoms with van der Waals surface area (Å²) in [5.74, 6) is 0.971. The molecule has 0 amide bonds. The van der Waals surface area contributed by atoms with Gasteiger partial charge in [0.05, 0.1) is 0 Å². The number of hydrogen-bond acceptors (Lipinski definition) is 1. The number of benzene rings is 2. The number of rotatable bonds is 3. The van der Waals surface area contributed by atoms with Gasteiger partial charge in [-0.2, -0.15) is 0 Å². The van der Waals surface area contributed by atoms with Crippen LogP contribution < -0.4 is 4.74 Å². The van der Waals surface area contributed by atoms with E-state index in [0.29, 0.717) is 6.61 Å². The smallest absolute Gasteiger partial charge is 0.122 e. The van der Waals surface area contributed by atoms with Crippen molar-refractivity contribution in [3.63, 3.8) is 0 Å². The molecule has 0 bridgehead atoms. The van der Waals surface area contributed by atoms with Gasteiger partial charge in [0.15, 0.2) is 0 Å². The zero-order chi connectivity index (χ0) is 12.3. The minimum Gasteiger partial charge on any atom is -0.489 e. The molecule has 0 aliphatic heterocycles. The lowest BCUT2D eigenvalue weighted by atomic mass is 10.1. The molecule has 0 aliphatic carbocycles. The summed E-state index contributed by atoms with van der Waals surface area (Å²) in [4.78, 5) is 0. The first-order valence-electron chi connectivity index (χ1n) is 5.91. The molecule has 2 rings (SSSR count). The average molecular weight is 226 g/mol. The Bertz CT molecular complexity index is 515. The first kappa shape index (κ1) is 11.7. The highest BCUT2D eigenvalue weighted by Crippen LogP contribution is 2.20. The number of aryl methyl sites for hydroxylation is 3. The van der Waals surface area contributed by atoms with Crippen molar-refractivity contribution in [1.29, 1.82) is 0 Å². The van der Waals surface area contributed by atoms with Crippen LogP contribution in [0.4, 0.5) is 0 Å². The molecule has 0 fully saturated rings. The van der Waals surface area contributed by atoms with E-state index in [-0.39, 0.29) is 0 Å². The van der Waals surface area contributed by atoms with Gasteiger partial charge in [-0.05, 0) is 43.5 Å². The van der Waals surface area contributed by atoms with Crippen molar-refractivity contribution in [3.8, 4) is 5.75 Å². The molecular weight excluding hydrogens is 208 g/mol. The molecule has 0 saturated carbocycles. The van der Waals surface area contributed by atoms with Crippen molar-refractivity contribution in [3.05, 3.63) is 64.7 Å². The Labute approximate surface area is 103 Å². The highest BCUT2D eigenvalue weighted by Gasteiger charge is 2.01. The van der Waals surface area contributed by atoms with Gasteiger partial charge in [-0.3, -0.25) is 0 Å². The predicted molar refractivity (Wildman–Crippen MR) is 71.4 cm³/mol. The quantitative estimate of drug-likeness (QED) is 0.762. The van der Waals surface area contributed by atoms with E-state index in [9.17, 15) is 0 Å². The van der Waals surface area contributed by atoms with Gasteiger partial charge in [0, 0.05) is 0 Å². The third kappa shape index (κ3) is 2.88. The van der Waals surface area contributed by atoms with Gasteiger partial charge in [-0.1, -0.05) is 42.0 Å². The summed E-state index contributed by atoms with van der Waals surface area (Å²) in [5.41, 5.74) is 4.98. The van der Waals surface area contributed by atoms with Crippen LogP contribution in [0.2, 0.25) is 0 Å². The summed E-state index contributed by atoms with van der Waals surface area (Å²) in [6, 6.07) is 14.6. The average Bonchev–Trinajstić information content (AvgIpc) is 2.30. The van der Waals surface area contributed by atoms with Crippen molar-refractivity contribution in [2.24, 2.45) is 0 Å². The summed E-state index contributed by atoms with van der Waals surface area (Å²) in [6.45, 7) is 6.93. The second-order valence-electron chi connectivity index (χ2n) is 4.48. The molecule has 1 nitrogen and oxygen atoms in total. The lowest BCUT2D eigenvalue weighted by molar-refractivity contribution is 0.303. The largest absolute Gasteiger partial charge is 0.489 e. The standard InChI is InChI=1S/C16H18O/c1-12-8-9-16(14(3)10-12)17-11-15-7-5-4-6-13(15)2/h4-10H,11H2,1-3H3. The topological polar surface area (TPSA) is 9.23 Å². The van der Waals surface area contributed by atoms with Crippen molar-refractivity contribution in [2.75, 3.05) is 0 Å². The van der Waals surface area contributed by atoms with Crippen molar-refractivity contribution < 1.29 is 4.74 Å². The molecule has 0 aliphatic rings. The SMILES string of the molecule is Cc1ccc(OCc2ccccc2C)c(C)c1. The van der Waals surface area contributed by atoms with E-state index in [4.69, 9.17) is 4.74 Å². The monoisotopic (exact) mass is 226 g/mol. The molecule has 0 heterocycles. The first-order chi connectivity index (χ1) is 8.16. The van der Waals surface area contributed by atoms with Crippen LogP contribution in [0.15, 0.2) is 42.5 Å². The second-order valence-corrected chi connectivity index (χ2v) is 4.48. The minimum absolute atomic E-state index is 0.635. The molecule has 2 aromatic rings. The summed E-state index contributed by atoms with van der Waals surface area (Å²) >= 11 is 0. The fourth-order valence-electron chi connectivity index (χ4n) is 1.89. The zero-order valence-electron chi connectivity index (χ0n) is 10.7. The van der Waals surface area contributed by atoms with Crippen LogP contribution in [-0.4, -0.2) is 0 Å². The Balaban J connectivity index is 2.10. The Morgan fingerprint density at radius 1 is 0.882 bits per heavy atom. The highest BCUT2D eigenvalue weighted by molar-refractivity contribution is 5.36. The maximum absolute atomic E-state index is 5.86. The van der Waals surface area contributed by atoms with Crippen LogP contribution in [-0.2, 0) is 6.61 Å². The van der Waals surface area contributed by atoms with Gasteiger partial charge in [0.2, 0.25) is 0 Å². The molecule has 0 unspecified atom stereocenters. The number of ether oxygens (including phenoxy) is 1. The number of hydrogen-bond donors (Lipinski definition) is 0. The Kier molecular flexibility index (Phi) is 3.48. The molecule has 0 aromatic heterocycles. The van der Waals surface area contributed by atoms with Crippen LogP contribution in [0.25, 0.3) is 0 Å². The fourth-order valence-corrected chi connectivity index (χ4v) is 1.89. The van der Waals surface area contributed by atoms with E-state index < -0.39 is 0 Å².